The second kappa shape index (κ2) is 4.24. The van der Waals surface area contributed by atoms with Crippen LogP contribution < -0.4 is 0 Å². The van der Waals surface area contributed by atoms with E-state index in [4.69, 9.17) is 11.6 Å². The molecule has 6 heteroatoms. The molecular weight excluding hydrogens is 272 g/mol. The van der Waals surface area contributed by atoms with E-state index >= 15 is 0 Å². The van der Waals surface area contributed by atoms with E-state index in [-0.39, 0.29) is 5.25 Å². The first-order valence-corrected chi connectivity index (χ1v) is 8.00. The van der Waals surface area contributed by atoms with Gasteiger partial charge in [0.05, 0.1) is 22.7 Å². The topological polar surface area (TPSA) is 51.4 Å². The van der Waals surface area contributed by atoms with Crippen LogP contribution in [0.3, 0.4) is 0 Å². The van der Waals surface area contributed by atoms with Gasteiger partial charge in [-0.3, -0.25) is 4.40 Å². The zero-order valence-electron chi connectivity index (χ0n) is 9.71. The van der Waals surface area contributed by atoms with E-state index in [0.717, 1.165) is 24.2 Å². The van der Waals surface area contributed by atoms with E-state index in [1.807, 2.05) is 16.5 Å². The first-order chi connectivity index (χ1) is 8.58. The van der Waals surface area contributed by atoms with Crippen molar-refractivity contribution in [2.45, 2.75) is 24.5 Å². The minimum absolute atomic E-state index is 0.300. The SMILES string of the molecule is O=S1(=O)CCCC1Cc1ncc2cccc(Cl)n12. The fraction of sp³-hybridized carbons (Fsp3) is 0.417. The van der Waals surface area contributed by atoms with Gasteiger partial charge in [0.25, 0.3) is 0 Å². The Labute approximate surface area is 111 Å². The predicted octanol–water partition coefficient (Wildman–Crippen LogP) is 2.11. The minimum atomic E-state index is -2.94. The fourth-order valence-corrected chi connectivity index (χ4v) is 4.60. The molecule has 0 bridgehead atoms. The summed E-state index contributed by atoms with van der Waals surface area (Å²) in [6.07, 6.45) is 3.65. The summed E-state index contributed by atoms with van der Waals surface area (Å²) in [5, 5.41) is 0.259. The largest absolute Gasteiger partial charge is 0.287 e. The van der Waals surface area contributed by atoms with Crippen molar-refractivity contribution in [3.8, 4) is 0 Å². The molecule has 1 aliphatic rings. The van der Waals surface area contributed by atoms with Crippen molar-refractivity contribution in [2.75, 3.05) is 5.75 Å². The summed E-state index contributed by atoms with van der Waals surface area (Å²) in [6, 6.07) is 5.55. The maximum absolute atomic E-state index is 11.8. The highest BCUT2D eigenvalue weighted by molar-refractivity contribution is 7.92. The molecule has 1 fully saturated rings. The number of hydrogen-bond donors (Lipinski definition) is 0. The maximum atomic E-state index is 11.8. The third-order valence-electron chi connectivity index (χ3n) is 3.45. The Balaban J connectivity index is 2.01. The molecule has 0 spiro atoms. The average molecular weight is 285 g/mol. The standard InChI is InChI=1S/C12H13ClN2O2S/c13-11-5-1-3-9-8-14-12(15(9)11)7-10-4-2-6-18(10,16)17/h1,3,5,8,10H,2,4,6-7H2. The quantitative estimate of drug-likeness (QED) is 0.794. The lowest BCUT2D eigenvalue weighted by atomic mass is 10.2. The van der Waals surface area contributed by atoms with Crippen LogP contribution in [0.2, 0.25) is 5.15 Å². The summed E-state index contributed by atoms with van der Waals surface area (Å²) in [5.74, 6) is 1.03. The van der Waals surface area contributed by atoms with Gasteiger partial charge < -0.3 is 0 Å². The third-order valence-corrected chi connectivity index (χ3v) is 6.02. The summed E-state index contributed by atoms with van der Waals surface area (Å²) in [4.78, 5) is 4.30. The molecule has 0 aromatic carbocycles. The minimum Gasteiger partial charge on any atom is -0.287 e. The highest BCUT2D eigenvalue weighted by Crippen LogP contribution is 2.24. The van der Waals surface area contributed by atoms with Crippen LogP contribution in [-0.4, -0.2) is 28.8 Å². The lowest BCUT2D eigenvalue weighted by Crippen LogP contribution is -2.20. The van der Waals surface area contributed by atoms with Gasteiger partial charge in [0, 0.05) is 6.42 Å². The first-order valence-electron chi connectivity index (χ1n) is 5.90. The van der Waals surface area contributed by atoms with Crippen molar-refractivity contribution in [2.24, 2.45) is 0 Å². The van der Waals surface area contributed by atoms with Crippen LogP contribution in [0.25, 0.3) is 5.52 Å². The number of fused-ring (bicyclic) bond motifs is 1. The number of nitrogens with zero attached hydrogens (tertiary/aromatic N) is 2. The van der Waals surface area contributed by atoms with E-state index in [0.29, 0.717) is 17.3 Å². The second-order valence-electron chi connectivity index (χ2n) is 4.62. The van der Waals surface area contributed by atoms with Gasteiger partial charge >= 0.3 is 0 Å². The number of halogens is 1. The molecule has 18 heavy (non-hydrogen) atoms. The molecule has 4 nitrogen and oxygen atoms in total. The fourth-order valence-electron chi connectivity index (χ4n) is 2.51. The van der Waals surface area contributed by atoms with E-state index in [1.165, 1.54) is 0 Å². The van der Waals surface area contributed by atoms with Crippen LogP contribution in [-0.2, 0) is 16.3 Å². The molecule has 2 aromatic rings. The van der Waals surface area contributed by atoms with Gasteiger partial charge in [0.2, 0.25) is 0 Å². The monoisotopic (exact) mass is 284 g/mol. The summed E-state index contributed by atoms with van der Waals surface area (Å²) in [6.45, 7) is 0. The number of pyridine rings is 1. The molecule has 1 atom stereocenters. The maximum Gasteiger partial charge on any atom is 0.153 e. The summed E-state index contributed by atoms with van der Waals surface area (Å²) >= 11 is 6.13. The van der Waals surface area contributed by atoms with Crippen LogP contribution in [0.5, 0.6) is 0 Å². The molecule has 1 unspecified atom stereocenters. The number of aromatic nitrogens is 2. The van der Waals surface area contributed by atoms with Crippen LogP contribution in [0.4, 0.5) is 0 Å². The smallest absolute Gasteiger partial charge is 0.153 e. The Morgan fingerprint density at radius 2 is 2.28 bits per heavy atom. The Morgan fingerprint density at radius 3 is 3.00 bits per heavy atom. The molecule has 0 amide bonds. The van der Waals surface area contributed by atoms with Crippen molar-refractivity contribution in [3.05, 3.63) is 35.4 Å². The van der Waals surface area contributed by atoms with E-state index in [2.05, 4.69) is 4.98 Å². The van der Waals surface area contributed by atoms with Gasteiger partial charge in [-0.15, -0.1) is 0 Å². The number of rotatable bonds is 2. The van der Waals surface area contributed by atoms with Crippen molar-refractivity contribution >= 4 is 27.0 Å². The summed E-state index contributed by atoms with van der Waals surface area (Å²) in [7, 11) is -2.94. The molecule has 3 heterocycles. The van der Waals surface area contributed by atoms with E-state index in [1.54, 1.807) is 12.3 Å². The molecule has 0 aliphatic carbocycles. The first kappa shape index (κ1) is 12.0. The van der Waals surface area contributed by atoms with Gasteiger partial charge in [0.1, 0.15) is 11.0 Å². The normalized spacial score (nSPS) is 22.6. The van der Waals surface area contributed by atoms with Gasteiger partial charge in [-0.1, -0.05) is 17.7 Å². The van der Waals surface area contributed by atoms with Gasteiger partial charge in [-0.25, -0.2) is 13.4 Å². The zero-order chi connectivity index (χ0) is 12.8. The van der Waals surface area contributed by atoms with E-state index in [9.17, 15) is 8.42 Å². The van der Waals surface area contributed by atoms with Crippen molar-refractivity contribution < 1.29 is 8.42 Å². The molecule has 0 saturated carbocycles. The lowest BCUT2D eigenvalue weighted by Gasteiger charge is -2.09. The van der Waals surface area contributed by atoms with Crippen LogP contribution in [0.1, 0.15) is 18.7 Å². The summed E-state index contributed by atoms with van der Waals surface area (Å²) in [5.41, 5.74) is 0.896. The Bertz CT molecular complexity index is 693. The van der Waals surface area contributed by atoms with Crippen molar-refractivity contribution in [3.63, 3.8) is 0 Å². The predicted molar refractivity (Wildman–Crippen MR) is 70.7 cm³/mol. The Kier molecular flexibility index (Phi) is 2.83. The average Bonchev–Trinajstić information content (AvgIpc) is 2.85. The van der Waals surface area contributed by atoms with Gasteiger partial charge in [-0.2, -0.15) is 0 Å². The zero-order valence-corrected chi connectivity index (χ0v) is 11.3. The molecule has 1 saturated heterocycles. The number of imidazole rings is 1. The molecule has 3 rings (SSSR count). The Morgan fingerprint density at radius 1 is 1.44 bits per heavy atom. The molecular formula is C12H13ClN2O2S. The molecule has 0 radical (unpaired) electrons. The molecule has 0 N–H and O–H groups in total. The molecule has 1 aliphatic heterocycles. The van der Waals surface area contributed by atoms with Crippen molar-refractivity contribution in [1.29, 1.82) is 0 Å². The highest BCUT2D eigenvalue weighted by atomic mass is 35.5. The highest BCUT2D eigenvalue weighted by Gasteiger charge is 2.32. The third kappa shape index (κ3) is 1.91. The van der Waals surface area contributed by atoms with Crippen LogP contribution in [0, 0.1) is 0 Å². The number of hydrogen-bond acceptors (Lipinski definition) is 3. The number of sulfone groups is 1. The molecule has 2 aromatic heterocycles. The van der Waals surface area contributed by atoms with Gasteiger partial charge in [0.15, 0.2) is 9.84 Å². The Hall–Kier alpha value is -1.07. The van der Waals surface area contributed by atoms with Crippen LogP contribution in [0.15, 0.2) is 24.4 Å². The van der Waals surface area contributed by atoms with Gasteiger partial charge in [-0.05, 0) is 25.0 Å². The van der Waals surface area contributed by atoms with Crippen LogP contribution >= 0.6 is 11.6 Å². The van der Waals surface area contributed by atoms with Crippen molar-refractivity contribution in [1.82, 2.24) is 9.38 Å². The summed E-state index contributed by atoms with van der Waals surface area (Å²) < 4.78 is 25.5. The van der Waals surface area contributed by atoms with E-state index < -0.39 is 9.84 Å². The molecule has 96 valence electrons. The lowest BCUT2D eigenvalue weighted by molar-refractivity contribution is 0.586. The second-order valence-corrected chi connectivity index (χ2v) is 7.41.